The molecule has 14 heavy (non-hydrogen) atoms. The van der Waals surface area contributed by atoms with Crippen molar-refractivity contribution >= 4 is 55.8 Å². The zero-order chi connectivity index (χ0) is 10.7. The van der Waals surface area contributed by atoms with Gasteiger partial charge in [0, 0.05) is 5.33 Å². The first-order chi connectivity index (χ1) is 6.56. The molecule has 0 aliphatic carbocycles. The van der Waals surface area contributed by atoms with Crippen molar-refractivity contribution in [1.29, 1.82) is 0 Å². The Morgan fingerprint density at radius 3 is 2.43 bits per heavy atom. The first kappa shape index (κ1) is 12.4. The van der Waals surface area contributed by atoms with Gasteiger partial charge in [0.1, 0.15) is 4.49 Å². The molecule has 0 atom stereocenters. The van der Waals surface area contributed by atoms with E-state index in [0.29, 0.717) is 5.03 Å². The van der Waals surface area contributed by atoms with E-state index < -0.39 is 0 Å². The smallest absolute Gasteiger partial charge is 0.0876 e. The molecule has 0 aliphatic heterocycles. The quantitative estimate of drug-likeness (QED) is 0.656. The van der Waals surface area contributed by atoms with Crippen LogP contribution >= 0.6 is 50.7 Å². The van der Waals surface area contributed by atoms with Gasteiger partial charge in [-0.2, -0.15) is 0 Å². The van der Waals surface area contributed by atoms with Gasteiger partial charge in [0.2, 0.25) is 0 Å². The van der Waals surface area contributed by atoms with Crippen molar-refractivity contribution < 1.29 is 0 Å². The van der Waals surface area contributed by atoms with Crippen molar-refractivity contribution in [3.05, 3.63) is 39.4 Å². The van der Waals surface area contributed by atoms with Crippen molar-refractivity contribution in [2.45, 2.75) is 12.3 Å². The second kappa shape index (κ2) is 5.41. The van der Waals surface area contributed by atoms with Crippen LogP contribution in [0, 0.1) is 6.92 Å². The molecule has 0 aliphatic rings. The Hall–Kier alpha value is 0.310. The number of hydrogen-bond acceptors (Lipinski definition) is 0. The summed E-state index contributed by atoms with van der Waals surface area (Å²) in [6.45, 7) is 1.99. The Balaban J connectivity index is 3.31. The maximum absolute atomic E-state index is 5.99. The molecule has 0 saturated carbocycles. The van der Waals surface area contributed by atoms with E-state index in [1.165, 1.54) is 0 Å². The third-order valence-electron chi connectivity index (χ3n) is 1.81. The highest BCUT2D eigenvalue weighted by Crippen LogP contribution is 2.31. The van der Waals surface area contributed by atoms with E-state index in [4.69, 9.17) is 34.8 Å². The summed E-state index contributed by atoms with van der Waals surface area (Å²) < 4.78 is 0.0967. The summed E-state index contributed by atoms with van der Waals surface area (Å²) in [6, 6.07) is 5.98. The Morgan fingerprint density at radius 1 is 1.29 bits per heavy atom. The number of rotatable bonds is 2. The van der Waals surface area contributed by atoms with Crippen LogP contribution in [0.1, 0.15) is 16.7 Å². The summed E-state index contributed by atoms with van der Waals surface area (Å²) in [5.41, 5.74) is 3.07. The van der Waals surface area contributed by atoms with Gasteiger partial charge in [-0.25, -0.2) is 0 Å². The summed E-state index contributed by atoms with van der Waals surface area (Å²) in [5, 5.41) is 1.12. The van der Waals surface area contributed by atoms with Gasteiger partial charge in [-0.1, -0.05) is 74.5 Å². The van der Waals surface area contributed by atoms with Gasteiger partial charge in [0.15, 0.2) is 0 Å². The van der Waals surface area contributed by atoms with E-state index in [1.807, 2.05) is 25.1 Å². The lowest BCUT2D eigenvalue weighted by Crippen LogP contribution is -1.89. The molecule has 0 saturated heterocycles. The average molecular weight is 314 g/mol. The van der Waals surface area contributed by atoms with Crippen molar-refractivity contribution in [2.75, 3.05) is 0 Å². The zero-order valence-corrected chi connectivity index (χ0v) is 11.3. The fraction of sp³-hybridized carbons (Fsp3) is 0.200. The molecular formula is C10H8BrCl3. The van der Waals surface area contributed by atoms with Gasteiger partial charge in [0.05, 0.1) is 5.03 Å². The molecule has 4 heteroatoms. The van der Waals surface area contributed by atoms with Crippen LogP contribution < -0.4 is 0 Å². The molecule has 0 bridgehead atoms. The number of halogens is 4. The third kappa shape index (κ3) is 2.90. The van der Waals surface area contributed by atoms with Crippen LogP contribution in [-0.2, 0) is 5.33 Å². The lowest BCUT2D eigenvalue weighted by Gasteiger charge is -2.07. The monoisotopic (exact) mass is 312 g/mol. The van der Waals surface area contributed by atoms with Crippen LogP contribution in [0.25, 0.3) is 5.03 Å². The van der Waals surface area contributed by atoms with E-state index in [0.717, 1.165) is 22.0 Å². The second-order valence-corrected chi connectivity index (χ2v) is 4.76. The van der Waals surface area contributed by atoms with Crippen molar-refractivity contribution in [3.8, 4) is 0 Å². The fourth-order valence-corrected chi connectivity index (χ4v) is 1.98. The standard InChI is InChI=1S/C10H8BrCl3/c1-6-2-3-7(5-11)8(4-6)9(12)10(13)14/h2-4H,5H2,1H3. The third-order valence-corrected chi connectivity index (χ3v) is 3.38. The van der Waals surface area contributed by atoms with Crippen molar-refractivity contribution in [3.63, 3.8) is 0 Å². The van der Waals surface area contributed by atoms with Gasteiger partial charge in [-0.15, -0.1) is 0 Å². The predicted molar refractivity (Wildman–Crippen MR) is 68.3 cm³/mol. The molecule has 1 rings (SSSR count). The maximum Gasteiger partial charge on any atom is 0.126 e. The number of hydrogen-bond donors (Lipinski definition) is 0. The van der Waals surface area contributed by atoms with Crippen molar-refractivity contribution in [1.82, 2.24) is 0 Å². The lowest BCUT2D eigenvalue weighted by atomic mass is 10.1. The second-order valence-electron chi connectivity index (χ2n) is 2.87. The zero-order valence-electron chi connectivity index (χ0n) is 7.45. The molecule has 0 fully saturated rings. The minimum Gasteiger partial charge on any atom is -0.0876 e. The highest BCUT2D eigenvalue weighted by Gasteiger charge is 2.08. The van der Waals surface area contributed by atoms with Gasteiger partial charge in [-0.05, 0) is 18.1 Å². The molecule has 0 aromatic heterocycles. The van der Waals surface area contributed by atoms with E-state index in [9.17, 15) is 0 Å². The molecule has 0 N–H and O–H groups in total. The molecular weight excluding hydrogens is 306 g/mol. The van der Waals surface area contributed by atoms with Crippen LogP contribution in [0.5, 0.6) is 0 Å². The first-order valence-electron chi connectivity index (χ1n) is 3.93. The number of alkyl halides is 1. The Morgan fingerprint density at radius 2 is 1.93 bits per heavy atom. The van der Waals surface area contributed by atoms with Gasteiger partial charge in [-0.3, -0.25) is 0 Å². The summed E-state index contributed by atoms with van der Waals surface area (Å²) in [5.74, 6) is 0. The van der Waals surface area contributed by atoms with E-state index in [-0.39, 0.29) is 4.49 Å². The molecule has 0 heterocycles. The highest BCUT2D eigenvalue weighted by molar-refractivity contribution is 9.08. The summed E-state index contributed by atoms with van der Waals surface area (Å²) in [6.07, 6.45) is 0. The summed E-state index contributed by atoms with van der Waals surface area (Å²) in [7, 11) is 0. The van der Waals surface area contributed by atoms with Gasteiger partial charge in [0.25, 0.3) is 0 Å². The predicted octanol–water partition coefficient (Wildman–Crippen LogP) is 5.23. The average Bonchev–Trinajstić information content (AvgIpc) is 2.16. The topological polar surface area (TPSA) is 0 Å². The molecule has 0 radical (unpaired) electrons. The van der Waals surface area contributed by atoms with Crippen LogP contribution in [0.4, 0.5) is 0 Å². The SMILES string of the molecule is Cc1ccc(CBr)c(C(Cl)=C(Cl)Cl)c1. The molecule has 0 amide bonds. The Labute approximate surface area is 107 Å². The van der Waals surface area contributed by atoms with Crippen LogP contribution in [-0.4, -0.2) is 0 Å². The Bertz CT molecular complexity index is 368. The van der Waals surface area contributed by atoms with E-state index in [2.05, 4.69) is 15.9 Å². The molecule has 76 valence electrons. The minimum absolute atomic E-state index is 0.0967. The maximum atomic E-state index is 5.99. The number of benzene rings is 1. The van der Waals surface area contributed by atoms with Gasteiger partial charge >= 0.3 is 0 Å². The van der Waals surface area contributed by atoms with E-state index >= 15 is 0 Å². The van der Waals surface area contributed by atoms with E-state index in [1.54, 1.807) is 0 Å². The molecule has 0 unspecified atom stereocenters. The van der Waals surface area contributed by atoms with Gasteiger partial charge < -0.3 is 0 Å². The summed E-state index contributed by atoms with van der Waals surface area (Å²) >= 11 is 20.7. The van der Waals surface area contributed by atoms with Crippen molar-refractivity contribution in [2.24, 2.45) is 0 Å². The normalized spacial score (nSPS) is 10.1. The first-order valence-corrected chi connectivity index (χ1v) is 6.18. The fourth-order valence-electron chi connectivity index (χ4n) is 1.11. The largest absolute Gasteiger partial charge is 0.126 e. The lowest BCUT2D eigenvalue weighted by molar-refractivity contribution is 1.35. The summed E-state index contributed by atoms with van der Waals surface area (Å²) in [4.78, 5) is 0. The molecule has 0 spiro atoms. The molecule has 0 nitrogen and oxygen atoms in total. The van der Waals surface area contributed by atoms with Crippen LogP contribution in [0.15, 0.2) is 22.7 Å². The minimum atomic E-state index is 0.0967. The van der Waals surface area contributed by atoms with Crippen LogP contribution in [0.2, 0.25) is 0 Å². The van der Waals surface area contributed by atoms with Crippen LogP contribution in [0.3, 0.4) is 0 Å². The number of aryl methyl sites for hydroxylation is 1. The highest BCUT2D eigenvalue weighted by atomic mass is 79.9. The molecule has 1 aromatic rings. The Kier molecular flexibility index (Phi) is 4.78. The molecule has 1 aromatic carbocycles.